The Bertz CT molecular complexity index is 595. The Morgan fingerprint density at radius 1 is 1.39 bits per heavy atom. The third-order valence-electron chi connectivity index (χ3n) is 3.28. The number of nitrogens with two attached hydrogens (primary N) is 1. The first-order chi connectivity index (χ1) is 8.58. The summed E-state index contributed by atoms with van der Waals surface area (Å²) in [6, 6.07) is 5.42. The molecule has 1 fully saturated rings. The molecule has 2 N–H and O–H groups in total. The number of aromatic nitrogens is 2. The zero-order valence-corrected chi connectivity index (χ0v) is 11.8. The van der Waals surface area contributed by atoms with Gasteiger partial charge in [-0.1, -0.05) is 16.8 Å². The minimum atomic E-state index is -0.402. The number of benzene rings is 1. The van der Waals surface area contributed by atoms with E-state index in [4.69, 9.17) is 21.9 Å². The minimum Gasteiger partial charge on any atom is -0.334 e. The topological polar surface area (TPSA) is 64.9 Å². The van der Waals surface area contributed by atoms with E-state index in [1.807, 2.05) is 6.07 Å². The Kier molecular flexibility index (Phi) is 2.92. The average molecular weight is 329 g/mol. The molecule has 0 amide bonds. The highest BCUT2D eigenvalue weighted by Gasteiger charge is 2.39. The highest BCUT2D eigenvalue weighted by atomic mass is 79.9. The molecule has 1 aromatic heterocycles. The first-order valence-corrected chi connectivity index (χ1v) is 6.84. The molecule has 0 aliphatic heterocycles. The van der Waals surface area contributed by atoms with Crippen molar-refractivity contribution in [3.05, 3.63) is 33.5 Å². The van der Waals surface area contributed by atoms with E-state index in [9.17, 15) is 0 Å². The van der Waals surface area contributed by atoms with Crippen molar-refractivity contribution in [2.75, 3.05) is 0 Å². The summed E-state index contributed by atoms with van der Waals surface area (Å²) in [4.78, 5) is 4.39. The summed E-state index contributed by atoms with van der Waals surface area (Å²) in [7, 11) is 0. The Labute approximate surface area is 118 Å². The SMILES string of the molecule is NC1(c2noc(-c3ccc(Cl)cc3Br)n2)CCC1. The normalized spacial score (nSPS) is 17.5. The number of nitrogens with zero attached hydrogens (tertiary/aromatic N) is 2. The molecule has 2 aromatic rings. The lowest BCUT2D eigenvalue weighted by atomic mass is 9.77. The zero-order valence-electron chi connectivity index (χ0n) is 9.49. The maximum atomic E-state index is 6.16. The number of hydrogen-bond acceptors (Lipinski definition) is 4. The van der Waals surface area contributed by atoms with Crippen LogP contribution in [0.25, 0.3) is 11.5 Å². The third-order valence-corrected chi connectivity index (χ3v) is 4.17. The van der Waals surface area contributed by atoms with Crippen LogP contribution in [0.15, 0.2) is 27.2 Å². The van der Waals surface area contributed by atoms with Crippen LogP contribution in [0.5, 0.6) is 0 Å². The molecule has 3 rings (SSSR count). The summed E-state index contributed by atoms with van der Waals surface area (Å²) in [6.45, 7) is 0. The van der Waals surface area contributed by atoms with Crippen LogP contribution >= 0.6 is 27.5 Å². The maximum absolute atomic E-state index is 6.16. The van der Waals surface area contributed by atoms with Gasteiger partial charge in [0.15, 0.2) is 5.82 Å². The first-order valence-electron chi connectivity index (χ1n) is 5.67. The smallest absolute Gasteiger partial charge is 0.259 e. The molecular formula is C12H11BrClN3O. The molecule has 0 atom stereocenters. The molecule has 4 nitrogen and oxygen atoms in total. The van der Waals surface area contributed by atoms with E-state index in [1.54, 1.807) is 12.1 Å². The van der Waals surface area contributed by atoms with Gasteiger partial charge in [-0.15, -0.1) is 0 Å². The van der Waals surface area contributed by atoms with Gasteiger partial charge in [-0.2, -0.15) is 4.98 Å². The minimum absolute atomic E-state index is 0.402. The van der Waals surface area contributed by atoms with Gasteiger partial charge in [0.05, 0.1) is 11.1 Å². The largest absolute Gasteiger partial charge is 0.334 e. The predicted octanol–water partition coefficient (Wildman–Crippen LogP) is 3.49. The van der Waals surface area contributed by atoms with Crippen molar-refractivity contribution >= 4 is 27.5 Å². The average Bonchev–Trinajstić information content (AvgIpc) is 2.75. The van der Waals surface area contributed by atoms with Crippen molar-refractivity contribution in [1.29, 1.82) is 0 Å². The quantitative estimate of drug-likeness (QED) is 0.916. The second kappa shape index (κ2) is 4.33. The molecule has 1 aromatic carbocycles. The van der Waals surface area contributed by atoms with Crippen molar-refractivity contribution in [3.8, 4) is 11.5 Å². The van der Waals surface area contributed by atoms with E-state index >= 15 is 0 Å². The molecule has 1 aliphatic rings. The van der Waals surface area contributed by atoms with E-state index in [-0.39, 0.29) is 0 Å². The van der Waals surface area contributed by atoms with E-state index in [0.29, 0.717) is 16.7 Å². The molecule has 0 bridgehead atoms. The summed E-state index contributed by atoms with van der Waals surface area (Å²) >= 11 is 9.33. The Hall–Kier alpha value is -0.910. The molecule has 0 radical (unpaired) electrons. The highest BCUT2D eigenvalue weighted by Crippen LogP contribution is 2.38. The van der Waals surface area contributed by atoms with Crippen molar-refractivity contribution in [2.45, 2.75) is 24.8 Å². The zero-order chi connectivity index (χ0) is 12.8. The predicted molar refractivity (Wildman–Crippen MR) is 72.2 cm³/mol. The van der Waals surface area contributed by atoms with Crippen LogP contribution in [0.4, 0.5) is 0 Å². The van der Waals surface area contributed by atoms with Gasteiger partial charge in [-0.25, -0.2) is 0 Å². The van der Waals surface area contributed by atoms with Crippen molar-refractivity contribution in [2.24, 2.45) is 5.73 Å². The Morgan fingerprint density at radius 2 is 2.17 bits per heavy atom. The van der Waals surface area contributed by atoms with Crippen LogP contribution in [-0.2, 0) is 5.54 Å². The van der Waals surface area contributed by atoms with E-state index in [1.165, 1.54) is 0 Å². The summed E-state index contributed by atoms with van der Waals surface area (Å²) in [5, 5.41) is 4.64. The van der Waals surface area contributed by atoms with Crippen molar-refractivity contribution in [1.82, 2.24) is 10.1 Å². The van der Waals surface area contributed by atoms with E-state index in [0.717, 1.165) is 29.3 Å². The molecule has 0 saturated heterocycles. The summed E-state index contributed by atoms with van der Waals surface area (Å²) < 4.78 is 6.10. The molecule has 1 aliphatic carbocycles. The molecule has 94 valence electrons. The molecular weight excluding hydrogens is 318 g/mol. The fraction of sp³-hybridized carbons (Fsp3) is 0.333. The fourth-order valence-corrected chi connectivity index (χ4v) is 2.83. The van der Waals surface area contributed by atoms with Crippen molar-refractivity contribution < 1.29 is 4.52 Å². The number of hydrogen-bond donors (Lipinski definition) is 1. The van der Waals surface area contributed by atoms with E-state index < -0.39 is 5.54 Å². The van der Waals surface area contributed by atoms with Crippen LogP contribution in [0.2, 0.25) is 5.02 Å². The van der Waals surface area contributed by atoms with Crippen LogP contribution in [0.3, 0.4) is 0 Å². The second-order valence-corrected chi connectivity index (χ2v) is 5.85. The lowest BCUT2D eigenvalue weighted by Gasteiger charge is -2.34. The summed E-state index contributed by atoms with van der Waals surface area (Å²) in [5.41, 5.74) is 6.58. The highest BCUT2D eigenvalue weighted by molar-refractivity contribution is 9.10. The van der Waals surface area contributed by atoms with Crippen LogP contribution in [0.1, 0.15) is 25.1 Å². The number of halogens is 2. The molecule has 1 saturated carbocycles. The van der Waals surface area contributed by atoms with Crippen molar-refractivity contribution in [3.63, 3.8) is 0 Å². The van der Waals surface area contributed by atoms with Gasteiger partial charge in [-0.05, 0) is 53.4 Å². The van der Waals surface area contributed by atoms with Gasteiger partial charge in [0.25, 0.3) is 5.89 Å². The Balaban J connectivity index is 1.97. The monoisotopic (exact) mass is 327 g/mol. The molecule has 1 heterocycles. The van der Waals surface area contributed by atoms with Gasteiger partial charge < -0.3 is 10.3 Å². The van der Waals surface area contributed by atoms with Gasteiger partial charge >= 0.3 is 0 Å². The maximum Gasteiger partial charge on any atom is 0.259 e. The molecule has 18 heavy (non-hydrogen) atoms. The summed E-state index contributed by atoms with van der Waals surface area (Å²) in [5.74, 6) is 1.05. The lowest BCUT2D eigenvalue weighted by molar-refractivity contribution is 0.229. The number of rotatable bonds is 2. The third kappa shape index (κ3) is 1.96. The van der Waals surface area contributed by atoms with Gasteiger partial charge in [0, 0.05) is 9.50 Å². The molecule has 6 heteroatoms. The standard InChI is InChI=1S/C12H11BrClN3O/c13-9-6-7(14)2-3-8(9)10-16-11(17-18-10)12(15)4-1-5-12/h2-3,6H,1,4-5,15H2. The lowest BCUT2D eigenvalue weighted by Crippen LogP contribution is -2.44. The Morgan fingerprint density at radius 3 is 2.78 bits per heavy atom. The molecule has 0 unspecified atom stereocenters. The first kappa shape index (κ1) is 12.1. The van der Waals surface area contributed by atoms with Gasteiger partial charge in [0.1, 0.15) is 0 Å². The van der Waals surface area contributed by atoms with E-state index in [2.05, 4.69) is 26.1 Å². The van der Waals surface area contributed by atoms with Gasteiger partial charge in [-0.3, -0.25) is 0 Å². The second-order valence-electron chi connectivity index (χ2n) is 4.56. The van der Waals surface area contributed by atoms with Crippen LogP contribution in [0, 0.1) is 0 Å². The van der Waals surface area contributed by atoms with Crippen LogP contribution in [-0.4, -0.2) is 10.1 Å². The summed E-state index contributed by atoms with van der Waals surface area (Å²) in [6.07, 6.45) is 2.94. The van der Waals surface area contributed by atoms with Crippen LogP contribution < -0.4 is 5.73 Å². The molecule has 0 spiro atoms. The van der Waals surface area contributed by atoms with Gasteiger partial charge in [0.2, 0.25) is 0 Å². The fourth-order valence-electron chi connectivity index (χ4n) is 1.98.